The van der Waals surface area contributed by atoms with Gasteiger partial charge in [-0.3, -0.25) is 0 Å². The van der Waals surface area contributed by atoms with E-state index in [0.29, 0.717) is 12.6 Å². The lowest BCUT2D eigenvalue weighted by Crippen LogP contribution is -2.24. The number of anilines is 2. The number of nitrogens with zero attached hydrogens (tertiary/aromatic N) is 2. The first kappa shape index (κ1) is 17.2. The van der Waals surface area contributed by atoms with Gasteiger partial charge in [-0.2, -0.15) is 0 Å². The summed E-state index contributed by atoms with van der Waals surface area (Å²) < 4.78 is 6.39. The molecule has 1 heterocycles. The summed E-state index contributed by atoms with van der Waals surface area (Å²) in [4.78, 5) is 0. The number of hydrogen-bond donors (Lipinski definition) is 2. The second-order valence-corrected chi connectivity index (χ2v) is 6.91. The van der Waals surface area contributed by atoms with Gasteiger partial charge in [-0.1, -0.05) is 35.0 Å². The molecule has 1 aliphatic rings. The van der Waals surface area contributed by atoms with Crippen LogP contribution < -0.4 is 10.6 Å². The van der Waals surface area contributed by atoms with Gasteiger partial charge in [-0.25, -0.2) is 0 Å². The molecule has 0 aliphatic heterocycles. The smallest absolute Gasteiger partial charge is 0.149 e. The van der Waals surface area contributed by atoms with Gasteiger partial charge in [0.1, 0.15) is 11.6 Å². The molecule has 1 aliphatic carbocycles. The van der Waals surface area contributed by atoms with Crippen LogP contribution in [0.25, 0.3) is 0 Å². The Hall–Kier alpha value is -1.66. The summed E-state index contributed by atoms with van der Waals surface area (Å²) in [7, 11) is 1.71. The molecule has 24 heavy (non-hydrogen) atoms. The van der Waals surface area contributed by atoms with Gasteiger partial charge < -0.3 is 15.4 Å². The van der Waals surface area contributed by atoms with Crippen molar-refractivity contribution in [2.24, 2.45) is 0 Å². The quantitative estimate of drug-likeness (QED) is 0.742. The average molecular weight is 391 g/mol. The van der Waals surface area contributed by atoms with Gasteiger partial charge in [-0.15, -0.1) is 10.2 Å². The summed E-state index contributed by atoms with van der Waals surface area (Å²) in [5.41, 5.74) is 2.74. The first-order valence-corrected chi connectivity index (χ1v) is 9.13. The van der Waals surface area contributed by atoms with Crippen molar-refractivity contribution >= 4 is 27.6 Å². The van der Waals surface area contributed by atoms with E-state index in [2.05, 4.69) is 61.9 Å². The molecule has 6 heteroatoms. The van der Waals surface area contributed by atoms with E-state index >= 15 is 0 Å². The van der Waals surface area contributed by atoms with Crippen molar-refractivity contribution in [2.45, 2.75) is 38.3 Å². The zero-order valence-corrected chi connectivity index (χ0v) is 15.6. The van der Waals surface area contributed by atoms with Gasteiger partial charge in [0, 0.05) is 11.6 Å². The molecule has 0 radical (unpaired) electrons. The molecule has 1 unspecified atom stereocenters. The van der Waals surface area contributed by atoms with Gasteiger partial charge in [-0.05, 0) is 48.6 Å². The molecule has 5 nitrogen and oxygen atoms in total. The number of methoxy groups -OCH3 is 1. The zero-order valence-electron chi connectivity index (χ0n) is 14.1. The van der Waals surface area contributed by atoms with Crippen LogP contribution in [0.2, 0.25) is 0 Å². The maximum absolute atomic E-state index is 5.20. The summed E-state index contributed by atoms with van der Waals surface area (Å²) in [6.45, 7) is 2.78. The molecule has 2 atom stereocenters. The SMILES string of the molecule is CCC(COC)Nc1ccc(N[C@H]2CCc3c(Br)cccc32)nn1. The van der Waals surface area contributed by atoms with E-state index in [1.54, 1.807) is 7.11 Å². The minimum absolute atomic E-state index is 0.252. The summed E-state index contributed by atoms with van der Waals surface area (Å²) in [5, 5.41) is 15.4. The van der Waals surface area contributed by atoms with Crippen LogP contribution in [-0.2, 0) is 11.2 Å². The minimum atomic E-state index is 0.252. The molecule has 2 N–H and O–H groups in total. The van der Waals surface area contributed by atoms with Crippen LogP contribution in [0.15, 0.2) is 34.8 Å². The van der Waals surface area contributed by atoms with Crippen LogP contribution in [0, 0.1) is 0 Å². The van der Waals surface area contributed by atoms with Crippen molar-refractivity contribution in [1.82, 2.24) is 10.2 Å². The standard InChI is InChI=1S/C18H23BrN4O/c1-3-12(11-24-2)20-17-9-10-18(23-22-17)21-16-8-7-13-14(16)5-4-6-15(13)19/h4-6,9-10,12,16H,3,7-8,11H2,1-2H3,(H,20,22)(H,21,23)/t12?,16-/m0/s1. The lowest BCUT2D eigenvalue weighted by Gasteiger charge is -2.17. The highest BCUT2D eigenvalue weighted by molar-refractivity contribution is 9.10. The van der Waals surface area contributed by atoms with Crippen molar-refractivity contribution in [2.75, 3.05) is 24.4 Å². The Kier molecular flexibility index (Phi) is 5.68. The van der Waals surface area contributed by atoms with E-state index in [1.807, 2.05) is 12.1 Å². The summed E-state index contributed by atoms with van der Waals surface area (Å²) in [6.07, 6.45) is 3.13. The van der Waals surface area contributed by atoms with Crippen LogP contribution in [-0.4, -0.2) is 30.0 Å². The Morgan fingerprint density at radius 1 is 1.25 bits per heavy atom. The van der Waals surface area contributed by atoms with Crippen molar-refractivity contribution in [3.8, 4) is 0 Å². The predicted molar refractivity (Wildman–Crippen MR) is 100 cm³/mol. The minimum Gasteiger partial charge on any atom is -0.383 e. The number of halogens is 1. The Balaban J connectivity index is 1.65. The number of rotatable bonds is 7. The Morgan fingerprint density at radius 2 is 2.04 bits per heavy atom. The molecule has 2 aromatic rings. The molecule has 1 aromatic carbocycles. The highest BCUT2D eigenvalue weighted by Gasteiger charge is 2.24. The second kappa shape index (κ2) is 7.94. The summed E-state index contributed by atoms with van der Waals surface area (Å²) in [5.74, 6) is 1.58. The number of aromatic nitrogens is 2. The topological polar surface area (TPSA) is 59.1 Å². The first-order valence-electron chi connectivity index (χ1n) is 8.34. The third kappa shape index (κ3) is 3.87. The molecule has 128 valence electrons. The number of benzene rings is 1. The second-order valence-electron chi connectivity index (χ2n) is 6.05. The Bertz CT molecular complexity index is 677. The molecular formula is C18H23BrN4O. The van der Waals surface area contributed by atoms with Gasteiger partial charge in [0.25, 0.3) is 0 Å². The highest BCUT2D eigenvalue weighted by atomic mass is 79.9. The number of fused-ring (bicyclic) bond motifs is 1. The fourth-order valence-electron chi connectivity index (χ4n) is 3.10. The van der Waals surface area contributed by atoms with Crippen LogP contribution in [0.1, 0.15) is 36.9 Å². The van der Waals surface area contributed by atoms with Crippen LogP contribution in [0.3, 0.4) is 0 Å². The molecular weight excluding hydrogens is 368 g/mol. The summed E-state index contributed by atoms with van der Waals surface area (Å²) in [6, 6.07) is 10.9. The molecule has 0 bridgehead atoms. The molecule has 0 amide bonds. The van der Waals surface area contributed by atoms with Gasteiger partial charge in [0.15, 0.2) is 0 Å². The van der Waals surface area contributed by atoms with E-state index in [-0.39, 0.29) is 6.04 Å². The maximum Gasteiger partial charge on any atom is 0.149 e. The number of nitrogens with one attached hydrogen (secondary N) is 2. The first-order chi connectivity index (χ1) is 11.7. The third-order valence-electron chi connectivity index (χ3n) is 4.41. The molecule has 0 saturated heterocycles. The molecule has 0 fully saturated rings. The van der Waals surface area contributed by atoms with Crippen LogP contribution >= 0.6 is 15.9 Å². The van der Waals surface area contributed by atoms with Crippen LogP contribution in [0.5, 0.6) is 0 Å². The van der Waals surface area contributed by atoms with Gasteiger partial charge >= 0.3 is 0 Å². The largest absolute Gasteiger partial charge is 0.383 e. The molecule has 0 spiro atoms. The lowest BCUT2D eigenvalue weighted by atomic mass is 10.1. The number of hydrogen-bond acceptors (Lipinski definition) is 5. The fourth-order valence-corrected chi connectivity index (χ4v) is 3.68. The molecule has 3 rings (SSSR count). The van der Waals surface area contributed by atoms with Crippen molar-refractivity contribution in [1.29, 1.82) is 0 Å². The fraction of sp³-hybridized carbons (Fsp3) is 0.444. The van der Waals surface area contributed by atoms with Gasteiger partial charge in [0.2, 0.25) is 0 Å². The van der Waals surface area contributed by atoms with E-state index in [0.717, 1.165) is 30.9 Å². The molecule has 1 aromatic heterocycles. The summed E-state index contributed by atoms with van der Waals surface area (Å²) >= 11 is 3.64. The highest BCUT2D eigenvalue weighted by Crippen LogP contribution is 2.37. The van der Waals surface area contributed by atoms with E-state index in [1.165, 1.54) is 15.6 Å². The Morgan fingerprint density at radius 3 is 2.75 bits per heavy atom. The molecule has 0 saturated carbocycles. The van der Waals surface area contributed by atoms with Crippen LogP contribution in [0.4, 0.5) is 11.6 Å². The lowest BCUT2D eigenvalue weighted by molar-refractivity contribution is 0.184. The number of ether oxygens (including phenoxy) is 1. The normalized spacial score (nSPS) is 17.4. The average Bonchev–Trinajstić information content (AvgIpc) is 3.00. The third-order valence-corrected chi connectivity index (χ3v) is 5.16. The zero-order chi connectivity index (χ0) is 16.9. The monoisotopic (exact) mass is 390 g/mol. The predicted octanol–water partition coefficient (Wildman–Crippen LogP) is 4.18. The van der Waals surface area contributed by atoms with Crippen molar-refractivity contribution in [3.63, 3.8) is 0 Å². The van der Waals surface area contributed by atoms with Crippen molar-refractivity contribution < 1.29 is 4.74 Å². The Labute approximate surface area is 151 Å². The van der Waals surface area contributed by atoms with E-state index < -0.39 is 0 Å². The van der Waals surface area contributed by atoms with E-state index in [9.17, 15) is 0 Å². The van der Waals surface area contributed by atoms with E-state index in [4.69, 9.17) is 4.74 Å². The van der Waals surface area contributed by atoms with Crippen molar-refractivity contribution in [3.05, 3.63) is 45.9 Å². The van der Waals surface area contributed by atoms with Gasteiger partial charge in [0.05, 0.1) is 18.7 Å². The maximum atomic E-state index is 5.20.